The normalized spacial score (nSPS) is 11.5. The van der Waals surface area contributed by atoms with Crippen LogP contribution in [0.5, 0.6) is 0 Å². The number of carboxylic acid groups (broad SMARTS) is 1. The van der Waals surface area contributed by atoms with Crippen LogP contribution >= 0.6 is 0 Å². The number of rotatable bonds is 8. The summed E-state index contributed by atoms with van der Waals surface area (Å²) in [4.78, 5) is 35.1. The van der Waals surface area contributed by atoms with Crippen LogP contribution in [-0.2, 0) is 14.3 Å². The lowest BCUT2D eigenvalue weighted by molar-refractivity contribution is -0.147. The van der Waals surface area contributed by atoms with Crippen molar-refractivity contribution in [3.63, 3.8) is 0 Å². The third-order valence-electron chi connectivity index (χ3n) is 2.64. The minimum Gasteiger partial charge on any atom is -0.480 e. The Labute approximate surface area is 112 Å². The molecule has 0 heterocycles. The average molecular weight is 274 g/mol. The summed E-state index contributed by atoms with van der Waals surface area (Å²) in [6.07, 6.45) is 2.51. The third kappa shape index (κ3) is 7.28. The molecule has 0 saturated carbocycles. The monoisotopic (exact) mass is 274 g/mol. The lowest BCUT2D eigenvalue weighted by atomic mass is 10.2. The smallest absolute Gasteiger partial charge is 0.326 e. The highest BCUT2D eigenvalue weighted by atomic mass is 16.5. The molecule has 1 atom stereocenters. The highest BCUT2D eigenvalue weighted by Crippen LogP contribution is 2.00. The summed E-state index contributed by atoms with van der Waals surface area (Å²) in [5.74, 6) is -1.94. The molecule has 0 radical (unpaired) electrons. The van der Waals surface area contributed by atoms with Gasteiger partial charge in [-0.3, -0.25) is 4.79 Å². The summed E-state index contributed by atoms with van der Waals surface area (Å²) in [5.41, 5.74) is 0. The van der Waals surface area contributed by atoms with Gasteiger partial charge in [0.1, 0.15) is 6.04 Å². The predicted molar refractivity (Wildman–Crippen MR) is 68.7 cm³/mol. The first-order chi connectivity index (χ1) is 8.92. The van der Waals surface area contributed by atoms with Crippen molar-refractivity contribution >= 4 is 18.0 Å². The summed E-state index contributed by atoms with van der Waals surface area (Å²) < 4.78 is 4.39. The molecule has 2 amide bonds. The summed E-state index contributed by atoms with van der Waals surface area (Å²) in [6.45, 7) is 2.60. The van der Waals surface area contributed by atoms with Crippen molar-refractivity contribution < 1.29 is 24.2 Å². The van der Waals surface area contributed by atoms with Gasteiger partial charge >= 0.3 is 18.0 Å². The van der Waals surface area contributed by atoms with Gasteiger partial charge in [-0.2, -0.15) is 0 Å². The summed E-state index contributed by atoms with van der Waals surface area (Å²) in [7, 11) is 2.75. The van der Waals surface area contributed by atoms with Crippen LogP contribution in [0.1, 0.15) is 32.6 Å². The average Bonchev–Trinajstić information content (AvgIpc) is 2.37. The Hall–Kier alpha value is -1.79. The maximum absolute atomic E-state index is 11.7. The molecule has 0 aliphatic heterocycles. The second-order valence-corrected chi connectivity index (χ2v) is 4.25. The molecule has 0 rings (SSSR count). The molecule has 7 nitrogen and oxygen atoms in total. The number of unbranched alkanes of at least 4 members (excludes halogenated alkanes) is 2. The zero-order valence-corrected chi connectivity index (χ0v) is 11.6. The molecule has 0 bridgehead atoms. The Morgan fingerprint density at radius 1 is 1.32 bits per heavy atom. The van der Waals surface area contributed by atoms with Gasteiger partial charge in [0.25, 0.3) is 0 Å². The molecule has 7 heteroatoms. The van der Waals surface area contributed by atoms with E-state index in [-0.39, 0.29) is 6.42 Å². The van der Waals surface area contributed by atoms with Crippen molar-refractivity contribution in [3.05, 3.63) is 0 Å². The Morgan fingerprint density at radius 3 is 2.42 bits per heavy atom. The lowest BCUT2D eigenvalue weighted by Crippen LogP contribution is -2.47. The van der Waals surface area contributed by atoms with E-state index in [1.165, 1.54) is 12.0 Å². The number of methoxy groups -OCH3 is 1. The van der Waals surface area contributed by atoms with E-state index in [1.54, 1.807) is 7.05 Å². The highest BCUT2D eigenvalue weighted by molar-refractivity contribution is 5.86. The van der Waals surface area contributed by atoms with E-state index in [1.807, 2.05) is 0 Å². The molecular formula is C12H22N2O5. The van der Waals surface area contributed by atoms with E-state index >= 15 is 0 Å². The van der Waals surface area contributed by atoms with Crippen LogP contribution in [0.2, 0.25) is 0 Å². The summed E-state index contributed by atoms with van der Waals surface area (Å²) in [6, 6.07) is -1.78. The summed E-state index contributed by atoms with van der Waals surface area (Å²) >= 11 is 0. The van der Waals surface area contributed by atoms with Crippen molar-refractivity contribution in [2.75, 3.05) is 20.7 Å². The quantitative estimate of drug-likeness (QED) is 0.505. The van der Waals surface area contributed by atoms with Crippen LogP contribution < -0.4 is 5.32 Å². The molecule has 0 aromatic rings. The van der Waals surface area contributed by atoms with Gasteiger partial charge in [-0.1, -0.05) is 19.8 Å². The zero-order valence-electron chi connectivity index (χ0n) is 11.6. The fraction of sp³-hybridized carbons (Fsp3) is 0.750. The number of hydrogen-bond acceptors (Lipinski definition) is 4. The molecule has 19 heavy (non-hydrogen) atoms. The van der Waals surface area contributed by atoms with Gasteiger partial charge in [-0.05, 0) is 6.42 Å². The maximum atomic E-state index is 11.7. The van der Waals surface area contributed by atoms with Crippen LogP contribution in [0.15, 0.2) is 0 Å². The number of carbonyl (C=O) groups is 3. The number of amides is 2. The lowest BCUT2D eigenvalue weighted by Gasteiger charge is -2.20. The fourth-order valence-corrected chi connectivity index (χ4v) is 1.41. The number of carbonyl (C=O) groups excluding carboxylic acids is 2. The first-order valence-electron chi connectivity index (χ1n) is 6.23. The number of carboxylic acids is 1. The van der Waals surface area contributed by atoms with Crippen LogP contribution in [0.3, 0.4) is 0 Å². The number of aliphatic carboxylic acids is 1. The van der Waals surface area contributed by atoms with Crippen LogP contribution in [0.4, 0.5) is 4.79 Å². The van der Waals surface area contributed by atoms with Gasteiger partial charge < -0.3 is 20.1 Å². The molecule has 0 spiro atoms. The number of nitrogens with one attached hydrogen (secondary N) is 1. The van der Waals surface area contributed by atoms with Gasteiger partial charge in [0, 0.05) is 13.6 Å². The second kappa shape index (κ2) is 9.18. The molecule has 0 unspecified atom stereocenters. The van der Waals surface area contributed by atoms with Crippen molar-refractivity contribution in [2.45, 2.75) is 38.6 Å². The standard InChI is InChI=1S/C12H22N2O5/c1-4-5-6-7-14(2)12(18)13-9(11(16)17)8-10(15)19-3/h9H,4-8H2,1-3H3,(H,13,18)(H,16,17)/t9-/m0/s1. The molecule has 0 aliphatic rings. The minimum absolute atomic E-state index is 0.389. The molecular weight excluding hydrogens is 252 g/mol. The van der Waals surface area contributed by atoms with E-state index in [9.17, 15) is 14.4 Å². The van der Waals surface area contributed by atoms with Gasteiger partial charge in [0.15, 0.2) is 0 Å². The highest BCUT2D eigenvalue weighted by Gasteiger charge is 2.24. The van der Waals surface area contributed by atoms with Crippen LogP contribution in [-0.4, -0.2) is 54.7 Å². The Bertz CT molecular complexity index is 319. The number of ether oxygens (including phenoxy) is 1. The molecule has 0 aromatic carbocycles. The first kappa shape index (κ1) is 17.2. The van der Waals surface area contributed by atoms with E-state index in [0.717, 1.165) is 19.3 Å². The van der Waals surface area contributed by atoms with Gasteiger partial charge in [0.2, 0.25) is 0 Å². The van der Waals surface area contributed by atoms with Gasteiger partial charge in [-0.15, -0.1) is 0 Å². The van der Waals surface area contributed by atoms with Crippen molar-refractivity contribution in [1.29, 1.82) is 0 Å². The third-order valence-corrected chi connectivity index (χ3v) is 2.64. The first-order valence-corrected chi connectivity index (χ1v) is 6.23. The number of nitrogens with zero attached hydrogens (tertiary/aromatic N) is 1. The van der Waals surface area contributed by atoms with E-state index in [0.29, 0.717) is 6.54 Å². The van der Waals surface area contributed by atoms with E-state index in [2.05, 4.69) is 17.0 Å². The number of urea groups is 1. The largest absolute Gasteiger partial charge is 0.480 e. The van der Waals surface area contributed by atoms with Gasteiger partial charge in [-0.25, -0.2) is 9.59 Å². The second-order valence-electron chi connectivity index (χ2n) is 4.25. The Kier molecular flexibility index (Phi) is 8.32. The SMILES string of the molecule is CCCCCN(C)C(=O)N[C@@H](CC(=O)OC)C(=O)O. The van der Waals surface area contributed by atoms with Crippen LogP contribution in [0, 0.1) is 0 Å². The molecule has 110 valence electrons. The molecule has 0 saturated heterocycles. The zero-order chi connectivity index (χ0) is 14.8. The van der Waals surface area contributed by atoms with E-state index in [4.69, 9.17) is 5.11 Å². The summed E-state index contributed by atoms with van der Waals surface area (Å²) in [5, 5.41) is 11.2. The molecule has 2 N–H and O–H groups in total. The fourth-order valence-electron chi connectivity index (χ4n) is 1.41. The number of esters is 1. The van der Waals surface area contributed by atoms with Crippen molar-refractivity contribution in [3.8, 4) is 0 Å². The number of hydrogen-bond donors (Lipinski definition) is 2. The Balaban J connectivity index is 4.30. The topological polar surface area (TPSA) is 95.9 Å². The molecule has 0 aliphatic carbocycles. The molecule has 0 aromatic heterocycles. The maximum Gasteiger partial charge on any atom is 0.326 e. The molecule has 0 fully saturated rings. The predicted octanol–water partition coefficient (Wildman–Crippen LogP) is 0.834. The Morgan fingerprint density at radius 2 is 1.95 bits per heavy atom. The van der Waals surface area contributed by atoms with Crippen molar-refractivity contribution in [2.24, 2.45) is 0 Å². The van der Waals surface area contributed by atoms with Gasteiger partial charge in [0.05, 0.1) is 13.5 Å². The minimum atomic E-state index is -1.27. The van der Waals surface area contributed by atoms with Crippen LogP contribution in [0.25, 0.3) is 0 Å². The van der Waals surface area contributed by atoms with Crippen molar-refractivity contribution in [1.82, 2.24) is 10.2 Å². The van der Waals surface area contributed by atoms with E-state index < -0.39 is 24.0 Å².